The molecule has 116 valence electrons. The Kier molecular flexibility index (Phi) is 4.41. The predicted molar refractivity (Wildman–Crippen MR) is 86.8 cm³/mol. The molecule has 1 aromatic carbocycles. The van der Waals surface area contributed by atoms with E-state index in [9.17, 15) is 8.42 Å². The van der Waals surface area contributed by atoms with E-state index in [-0.39, 0.29) is 0 Å². The highest BCUT2D eigenvalue weighted by Crippen LogP contribution is 2.30. The highest BCUT2D eigenvalue weighted by atomic mass is 79.9. The van der Waals surface area contributed by atoms with Crippen LogP contribution in [-0.2, 0) is 10.0 Å². The topological polar surface area (TPSA) is 40.6 Å². The van der Waals surface area contributed by atoms with Crippen molar-refractivity contribution in [2.24, 2.45) is 0 Å². The lowest BCUT2D eigenvalue weighted by Crippen LogP contribution is -2.37. The van der Waals surface area contributed by atoms with Crippen molar-refractivity contribution < 1.29 is 8.42 Å². The van der Waals surface area contributed by atoms with Gasteiger partial charge in [0.15, 0.2) is 0 Å². The number of nitrogens with zero attached hydrogens (tertiary/aromatic N) is 2. The van der Waals surface area contributed by atoms with Crippen LogP contribution in [0, 0.1) is 6.92 Å². The standard InChI is InChI=1S/C15H21BrN2O2S/c1-12-4-5-15(14(16)10-12)21(19,20)18-9-6-13(11-18)17-7-2-3-8-17/h4-5,10,13H,2-3,6-9,11H2,1H3. The summed E-state index contributed by atoms with van der Waals surface area (Å²) in [7, 11) is -3.39. The fourth-order valence-electron chi connectivity index (χ4n) is 3.29. The van der Waals surface area contributed by atoms with Crippen LogP contribution >= 0.6 is 15.9 Å². The van der Waals surface area contributed by atoms with Gasteiger partial charge in [0.05, 0.1) is 4.90 Å². The van der Waals surface area contributed by atoms with Gasteiger partial charge in [-0.05, 0) is 72.9 Å². The van der Waals surface area contributed by atoms with E-state index in [2.05, 4.69) is 20.8 Å². The number of halogens is 1. The van der Waals surface area contributed by atoms with Gasteiger partial charge in [0.2, 0.25) is 10.0 Å². The van der Waals surface area contributed by atoms with Crippen LogP contribution in [0.25, 0.3) is 0 Å². The summed E-state index contributed by atoms with van der Waals surface area (Å²) >= 11 is 3.40. The van der Waals surface area contributed by atoms with Gasteiger partial charge in [-0.2, -0.15) is 4.31 Å². The Morgan fingerprint density at radius 3 is 2.57 bits per heavy atom. The molecule has 0 aliphatic carbocycles. The monoisotopic (exact) mass is 372 g/mol. The number of rotatable bonds is 3. The number of sulfonamides is 1. The van der Waals surface area contributed by atoms with Gasteiger partial charge >= 0.3 is 0 Å². The Hall–Kier alpha value is -0.430. The highest BCUT2D eigenvalue weighted by molar-refractivity contribution is 9.10. The largest absolute Gasteiger partial charge is 0.299 e. The van der Waals surface area contributed by atoms with Crippen molar-refractivity contribution in [3.05, 3.63) is 28.2 Å². The molecule has 2 saturated heterocycles. The van der Waals surface area contributed by atoms with Crippen LogP contribution in [0.15, 0.2) is 27.6 Å². The first-order valence-corrected chi connectivity index (χ1v) is 9.72. The van der Waals surface area contributed by atoms with Gasteiger partial charge in [0, 0.05) is 23.6 Å². The number of benzene rings is 1. The SMILES string of the molecule is Cc1ccc(S(=O)(=O)N2CCC(N3CCCC3)C2)c(Br)c1. The van der Waals surface area contributed by atoms with Gasteiger partial charge in [-0.25, -0.2) is 8.42 Å². The average Bonchev–Trinajstić information content (AvgIpc) is 3.09. The fraction of sp³-hybridized carbons (Fsp3) is 0.600. The second-order valence-corrected chi connectivity index (χ2v) is 8.74. The van der Waals surface area contributed by atoms with E-state index in [0.29, 0.717) is 28.5 Å². The van der Waals surface area contributed by atoms with E-state index in [4.69, 9.17) is 0 Å². The van der Waals surface area contributed by atoms with Crippen LogP contribution in [0.3, 0.4) is 0 Å². The average molecular weight is 373 g/mol. The normalized spacial score (nSPS) is 24.8. The number of hydrogen-bond donors (Lipinski definition) is 0. The zero-order valence-electron chi connectivity index (χ0n) is 12.3. The summed E-state index contributed by atoms with van der Waals surface area (Å²) in [5.41, 5.74) is 1.05. The Morgan fingerprint density at radius 2 is 1.90 bits per heavy atom. The van der Waals surface area contributed by atoms with Crippen molar-refractivity contribution in [1.82, 2.24) is 9.21 Å². The van der Waals surface area contributed by atoms with Crippen LogP contribution in [0.1, 0.15) is 24.8 Å². The maximum absolute atomic E-state index is 12.8. The second kappa shape index (κ2) is 5.99. The zero-order chi connectivity index (χ0) is 15.0. The Labute approximate surface area is 135 Å². The molecule has 3 rings (SSSR count). The van der Waals surface area contributed by atoms with Crippen molar-refractivity contribution in [2.75, 3.05) is 26.2 Å². The molecule has 4 nitrogen and oxygen atoms in total. The minimum absolute atomic E-state index is 0.384. The van der Waals surface area contributed by atoms with Gasteiger partial charge in [0.1, 0.15) is 0 Å². The molecule has 0 saturated carbocycles. The molecule has 21 heavy (non-hydrogen) atoms. The van der Waals surface area contributed by atoms with Crippen LogP contribution in [0.5, 0.6) is 0 Å². The summed E-state index contributed by atoms with van der Waals surface area (Å²) in [5.74, 6) is 0. The maximum atomic E-state index is 12.8. The quantitative estimate of drug-likeness (QED) is 0.818. The number of likely N-dealkylation sites (tertiary alicyclic amines) is 1. The number of aryl methyl sites for hydroxylation is 1. The Balaban J connectivity index is 1.79. The summed E-state index contributed by atoms with van der Waals surface area (Å²) in [4.78, 5) is 2.83. The van der Waals surface area contributed by atoms with Crippen LogP contribution in [0.4, 0.5) is 0 Å². The van der Waals surface area contributed by atoms with Crippen LogP contribution in [0.2, 0.25) is 0 Å². The van der Waals surface area contributed by atoms with E-state index in [1.54, 1.807) is 10.4 Å². The van der Waals surface area contributed by atoms with E-state index < -0.39 is 10.0 Å². The third-order valence-electron chi connectivity index (χ3n) is 4.49. The molecule has 0 radical (unpaired) electrons. The minimum Gasteiger partial charge on any atom is -0.299 e. The zero-order valence-corrected chi connectivity index (χ0v) is 14.7. The molecule has 2 fully saturated rings. The summed E-state index contributed by atoms with van der Waals surface area (Å²) in [6.45, 7) is 5.45. The minimum atomic E-state index is -3.39. The maximum Gasteiger partial charge on any atom is 0.244 e. The van der Waals surface area contributed by atoms with Crippen molar-refractivity contribution in [1.29, 1.82) is 0 Å². The van der Waals surface area contributed by atoms with E-state index in [1.165, 1.54) is 12.8 Å². The fourth-order valence-corrected chi connectivity index (χ4v) is 5.93. The predicted octanol–water partition coefficient (Wildman–Crippen LogP) is 2.62. The van der Waals surface area contributed by atoms with Crippen molar-refractivity contribution in [3.8, 4) is 0 Å². The molecule has 0 bridgehead atoms. The van der Waals surface area contributed by atoms with Gasteiger partial charge in [-0.15, -0.1) is 0 Å². The summed E-state index contributed by atoms with van der Waals surface area (Å²) in [6, 6.07) is 5.82. The lowest BCUT2D eigenvalue weighted by molar-refractivity contribution is 0.251. The molecule has 1 aromatic rings. The first-order chi connectivity index (χ1) is 9.98. The molecule has 1 atom stereocenters. The molecule has 0 amide bonds. The molecule has 0 spiro atoms. The number of hydrogen-bond acceptors (Lipinski definition) is 3. The summed E-state index contributed by atoms with van der Waals surface area (Å²) < 4.78 is 27.9. The van der Waals surface area contributed by atoms with Crippen molar-refractivity contribution in [3.63, 3.8) is 0 Å². The second-order valence-electron chi connectivity index (χ2n) is 5.98. The van der Waals surface area contributed by atoms with Crippen molar-refractivity contribution >= 4 is 26.0 Å². The summed E-state index contributed by atoms with van der Waals surface area (Å²) in [6.07, 6.45) is 3.43. The van der Waals surface area contributed by atoms with Gasteiger partial charge in [-0.3, -0.25) is 4.90 Å². The first kappa shape index (κ1) is 15.5. The third kappa shape index (κ3) is 3.04. The highest BCUT2D eigenvalue weighted by Gasteiger charge is 2.36. The lowest BCUT2D eigenvalue weighted by Gasteiger charge is -2.23. The van der Waals surface area contributed by atoms with Crippen LogP contribution in [-0.4, -0.2) is 49.8 Å². The van der Waals surface area contributed by atoms with Gasteiger partial charge < -0.3 is 0 Å². The molecule has 1 unspecified atom stereocenters. The molecule has 0 aromatic heterocycles. The lowest BCUT2D eigenvalue weighted by atomic mass is 10.2. The Bertz CT molecular complexity index is 627. The molecule has 2 aliphatic rings. The first-order valence-electron chi connectivity index (χ1n) is 7.49. The summed E-state index contributed by atoms with van der Waals surface area (Å²) in [5, 5.41) is 0. The third-order valence-corrected chi connectivity index (χ3v) is 7.33. The smallest absolute Gasteiger partial charge is 0.244 e. The molecular weight excluding hydrogens is 352 g/mol. The molecule has 2 heterocycles. The van der Waals surface area contributed by atoms with E-state index >= 15 is 0 Å². The molecule has 2 aliphatic heterocycles. The molecular formula is C15H21BrN2O2S. The van der Waals surface area contributed by atoms with Crippen LogP contribution < -0.4 is 0 Å². The molecule has 0 N–H and O–H groups in total. The molecule has 6 heteroatoms. The Morgan fingerprint density at radius 1 is 1.19 bits per heavy atom. The van der Waals surface area contributed by atoms with Gasteiger partial charge in [0.25, 0.3) is 0 Å². The van der Waals surface area contributed by atoms with E-state index in [0.717, 1.165) is 25.1 Å². The van der Waals surface area contributed by atoms with Gasteiger partial charge in [-0.1, -0.05) is 6.07 Å². The van der Waals surface area contributed by atoms with E-state index in [1.807, 2.05) is 19.1 Å². The van der Waals surface area contributed by atoms with Crippen molar-refractivity contribution in [2.45, 2.75) is 37.1 Å².